The van der Waals surface area contributed by atoms with Crippen molar-refractivity contribution < 1.29 is 17.9 Å². The molecule has 0 aliphatic heterocycles. The number of amides is 1. The molecular formula is C17H26N2O4S. The van der Waals surface area contributed by atoms with Gasteiger partial charge in [-0.05, 0) is 51.8 Å². The molecule has 0 radical (unpaired) electrons. The maximum atomic E-state index is 12.5. The Labute approximate surface area is 144 Å². The topological polar surface area (TPSA) is 84.5 Å². The molecule has 6 nitrogen and oxygen atoms in total. The fraction of sp³-hybridized carbons (Fsp3) is 0.588. The Balaban J connectivity index is 2.31. The quantitative estimate of drug-likeness (QED) is 0.788. The van der Waals surface area contributed by atoms with E-state index in [1.54, 1.807) is 32.9 Å². The number of carbonyl (C=O) groups is 1. The first kappa shape index (κ1) is 18.7. The van der Waals surface area contributed by atoms with Crippen molar-refractivity contribution in [1.29, 1.82) is 0 Å². The number of ether oxygens (including phenoxy) is 1. The highest BCUT2D eigenvalue weighted by Gasteiger charge is 2.24. The number of nitrogens with one attached hydrogen (secondary N) is 2. The molecule has 0 unspecified atom stereocenters. The summed E-state index contributed by atoms with van der Waals surface area (Å²) in [6.45, 7) is 5.62. The SMILES string of the molecule is CCOc1ccc(C(=O)NC2CCCC2)cc1S(=O)(=O)NC(C)C. The van der Waals surface area contributed by atoms with Crippen molar-refractivity contribution in [2.75, 3.05) is 6.61 Å². The molecular weight excluding hydrogens is 328 g/mol. The zero-order chi connectivity index (χ0) is 17.7. The van der Waals surface area contributed by atoms with Gasteiger partial charge in [-0.2, -0.15) is 0 Å². The summed E-state index contributed by atoms with van der Waals surface area (Å²) in [5, 5.41) is 2.97. The van der Waals surface area contributed by atoms with Gasteiger partial charge in [0.25, 0.3) is 5.91 Å². The molecule has 0 heterocycles. The van der Waals surface area contributed by atoms with Gasteiger partial charge in [0.15, 0.2) is 0 Å². The lowest BCUT2D eigenvalue weighted by molar-refractivity contribution is 0.0937. The lowest BCUT2D eigenvalue weighted by Crippen LogP contribution is -2.33. The molecule has 1 amide bonds. The standard InChI is InChI=1S/C17H26N2O4S/c1-4-23-15-10-9-13(17(20)18-14-7-5-6-8-14)11-16(15)24(21,22)19-12(2)3/h9-12,14,19H,4-8H2,1-3H3,(H,18,20). The van der Waals surface area contributed by atoms with Gasteiger partial charge in [-0.3, -0.25) is 4.79 Å². The maximum absolute atomic E-state index is 12.5. The summed E-state index contributed by atoms with van der Waals surface area (Å²) in [4.78, 5) is 12.4. The van der Waals surface area contributed by atoms with Crippen molar-refractivity contribution in [1.82, 2.24) is 10.0 Å². The summed E-state index contributed by atoms with van der Waals surface area (Å²) in [5.74, 6) is 0.00834. The summed E-state index contributed by atoms with van der Waals surface area (Å²) >= 11 is 0. The van der Waals surface area contributed by atoms with Crippen LogP contribution in [0.5, 0.6) is 5.75 Å². The smallest absolute Gasteiger partial charge is 0.251 e. The predicted octanol–water partition coefficient (Wildman–Crippen LogP) is 2.44. The van der Waals surface area contributed by atoms with E-state index >= 15 is 0 Å². The lowest BCUT2D eigenvalue weighted by atomic mass is 10.1. The van der Waals surface area contributed by atoms with Crippen LogP contribution in [-0.4, -0.2) is 33.0 Å². The predicted molar refractivity (Wildman–Crippen MR) is 92.8 cm³/mol. The van der Waals surface area contributed by atoms with Gasteiger partial charge in [-0.1, -0.05) is 12.8 Å². The van der Waals surface area contributed by atoms with Gasteiger partial charge in [0.1, 0.15) is 10.6 Å². The molecule has 1 aromatic rings. The van der Waals surface area contributed by atoms with Crippen LogP contribution in [0.1, 0.15) is 56.8 Å². The zero-order valence-electron chi connectivity index (χ0n) is 14.5. The Morgan fingerprint density at radius 1 is 1.29 bits per heavy atom. The van der Waals surface area contributed by atoms with E-state index in [4.69, 9.17) is 4.74 Å². The molecule has 1 fully saturated rings. The Morgan fingerprint density at radius 2 is 1.96 bits per heavy atom. The molecule has 7 heteroatoms. The van der Waals surface area contributed by atoms with Crippen molar-refractivity contribution in [3.63, 3.8) is 0 Å². The summed E-state index contributed by atoms with van der Waals surface area (Å²) < 4.78 is 33.0. The van der Waals surface area contributed by atoms with Crippen molar-refractivity contribution in [3.8, 4) is 5.75 Å². The Bertz CT molecular complexity index is 680. The van der Waals surface area contributed by atoms with Crippen molar-refractivity contribution >= 4 is 15.9 Å². The first-order valence-corrected chi connectivity index (χ1v) is 9.92. The lowest BCUT2D eigenvalue weighted by Gasteiger charge is -2.16. The fourth-order valence-electron chi connectivity index (χ4n) is 2.85. The average molecular weight is 354 g/mol. The third-order valence-corrected chi connectivity index (χ3v) is 5.56. The van der Waals surface area contributed by atoms with E-state index in [1.165, 1.54) is 6.07 Å². The van der Waals surface area contributed by atoms with E-state index < -0.39 is 10.0 Å². The summed E-state index contributed by atoms with van der Waals surface area (Å²) in [6.07, 6.45) is 4.18. The molecule has 1 aliphatic carbocycles. The van der Waals surface area contributed by atoms with Crippen LogP contribution in [0.2, 0.25) is 0 Å². The number of benzene rings is 1. The molecule has 134 valence electrons. The third kappa shape index (κ3) is 4.70. The van der Waals surface area contributed by atoms with Gasteiger partial charge < -0.3 is 10.1 Å². The van der Waals surface area contributed by atoms with Gasteiger partial charge in [-0.25, -0.2) is 13.1 Å². The monoisotopic (exact) mass is 354 g/mol. The minimum Gasteiger partial charge on any atom is -0.492 e. The molecule has 24 heavy (non-hydrogen) atoms. The average Bonchev–Trinajstić information content (AvgIpc) is 2.99. The van der Waals surface area contributed by atoms with Crippen LogP contribution < -0.4 is 14.8 Å². The van der Waals surface area contributed by atoms with Crippen molar-refractivity contribution in [2.24, 2.45) is 0 Å². The fourth-order valence-corrected chi connectivity index (χ4v) is 4.27. The number of hydrogen-bond acceptors (Lipinski definition) is 4. The van der Waals surface area contributed by atoms with Crippen LogP contribution in [0.4, 0.5) is 0 Å². The Morgan fingerprint density at radius 3 is 2.54 bits per heavy atom. The number of carbonyl (C=O) groups excluding carboxylic acids is 1. The van der Waals surface area contributed by atoms with Crippen molar-refractivity contribution in [2.45, 2.75) is 63.4 Å². The van der Waals surface area contributed by atoms with Crippen LogP contribution in [-0.2, 0) is 10.0 Å². The van der Waals surface area contributed by atoms with Gasteiger partial charge in [0.2, 0.25) is 10.0 Å². The summed E-state index contributed by atoms with van der Waals surface area (Å²) in [7, 11) is -3.75. The molecule has 0 bridgehead atoms. The van der Waals surface area contributed by atoms with Crippen LogP contribution in [0.25, 0.3) is 0 Å². The summed E-state index contributed by atoms with van der Waals surface area (Å²) in [6, 6.07) is 4.46. The molecule has 0 aromatic heterocycles. The number of rotatable bonds is 7. The molecule has 1 aromatic carbocycles. The maximum Gasteiger partial charge on any atom is 0.251 e. The minimum absolute atomic E-state index is 0.00266. The van der Waals surface area contributed by atoms with Gasteiger partial charge in [0.05, 0.1) is 6.61 Å². The van der Waals surface area contributed by atoms with Gasteiger partial charge in [0, 0.05) is 17.6 Å². The van der Waals surface area contributed by atoms with Crippen LogP contribution in [0, 0.1) is 0 Å². The second kappa shape index (κ2) is 7.98. The largest absolute Gasteiger partial charge is 0.492 e. The highest BCUT2D eigenvalue weighted by atomic mass is 32.2. The van der Waals surface area contributed by atoms with Gasteiger partial charge >= 0.3 is 0 Å². The second-order valence-corrected chi connectivity index (χ2v) is 8.01. The van der Waals surface area contributed by atoms with E-state index in [2.05, 4.69) is 10.0 Å². The normalized spacial score (nSPS) is 15.7. The first-order valence-electron chi connectivity index (χ1n) is 8.43. The number of hydrogen-bond donors (Lipinski definition) is 2. The van der Waals surface area contributed by atoms with Crippen LogP contribution in [0.3, 0.4) is 0 Å². The molecule has 1 saturated carbocycles. The third-order valence-electron chi connectivity index (χ3n) is 3.88. The van der Waals surface area contributed by atoms with E-state index in [0.717, 1.165) is 25.7 Å². The van der Waals surface area contributed by atoms with Crippen LogP contribution >= 0.6 is 0 Å². The zero-order valence-corrected chi connectivity index (χ0v) is 15.3. The molecule has 0 atom stereocenters. The van der Waals surface area contributed by atoms with E-state index in [-0.39, 0.29) is 28.6 Å². The van der Waals surface area contributed by atoms with E-state index in [1.807, 2.05) is 0 Å². The number of sulfonamides is 1. The molecule has 0 spiro atoms. The minimum atomic E-state index is -3.75. The Kier molecular flexibility index (Phi) is 6.23. The molecule has 2 rings (SSSR count). The highest BCUT2D eigenvalue weighted by Crippen LogP contribution is 2.26. The molecule has 1 aliphatic rings. The highest BCUT2D eigenvalue weighted by molar-refractivity contribution is 7.89. The van der Waals surface area contributed by atoms with E-state index in [0.29, 0.717) is 12.2 Å². The first-order chi connectivity index (χ1) is 11.3. The second-order valence-electron chi connectivity index (χ2n) is 6.33. The Hall–Kier alpha value is -1.60. The van der Waals surface area contributed by atoms with E-state index in [9.17, 15) is 13.2 Å². The van der Waals surface area contributed by atoms with Gasteiger partial charge in [-0.15, -0.1) is 0 Å². The molecule has 2 N–H and O–H groups in total. The van der Waals surface area contributed by atoms with Crippen LogP contribution in [0.15, 0.2) is 23.1 Å². The molecule has 0 saturated heterocycles. The van der Waals surface area contributed by atoms with Crippen molar-refractivity contribution in [3.05, 3.63) is 23.8 Å². The summed E-state index contributed by atoms with van der Waals surface area (Å²) in [5.41, 5.74) is 0.328.